The summed E-state index contributed by atoms with van der Waals surface area (Å²) in [5.41, 5.74) is 2.92. The van der Waals surface area contributed by atoms with Gasteiger partial charge in [0.1, 0.15) is 0 Å². The number of fused-ring (bicyclic) bond motifs is 1. The summed E-state index contributed by atoms with van der Waals surface area (Å²) in [6.45, 7) is 5.82. The van der Waals surface area contributed by atoms with Crippen molar-refractivity contribution in [3.63, 3.8) is 0 Å². The van der Waals surface area contributed by atoms with Crippen LogP contribution in [0.25, 0.3) is 0 Å². The molecule has 35 heavy (non-hydrogen) atoms. The standard InChI is InChI=1S/C28H36N4O3/c1-29-25-9-7-21(8-10-25)28(34)32-17-23-15-31(16-24(23)18-32)13-11-26(20-5-3-2-4-6-20)30-27(33)22-12-14-35-19-22/h2-10,22-24,26,29H,11-19H2,1H3,(H,30,33)/t22?,23-,24?,26?/m0/s1. The van der Waals surface area contributed by atoms with E-state index in [1.54, 1.807) is 0 Å². The zero-order valence-corrected chi connectivity index (χ0v) is 20.5. The molecule has 3 aliphatic heterocycles. The first-order valence-corrected chi connectivity index (χ1v) is 12.8. The number of hydrogen-bond donors (Lipinski definition) is 2. The van der Waals surface area contributed by atoms with Gasteiger partial charge in [-0.15, -0.1) is 0 Å². The molecule has 2 aromatic rings. The Kier molecular flexibility index (Phi) is 7.35. The van der Waals surface area contributed by atoms with Crippen LogP contribution in [-0.2, 0) is 9.53 Å². The van der Waals surface area contributed by atoms with Gasteiger partial charge in [-0.2, -0.15) is 0 Å². The van der Waals surface area contributed by atoms with Gasteiger partial charge >= 0.3 is 0 Å². The molecule has 5 rings (SSSR count). The summed E-state index contributed by atoms with van der Waals surface area (Å²) in [5, 5.41) is 6.39. The van der Waals surface area contributed by atoms with E-state index in [1.165, 1.54) is 0 Å². The van der Waals surface area contributed by atoms with Gasteiger partial charge in [0.25, 0.3) is 5.91 Å². The Morgan fingerprint density at radius 1 is 1.00 bits per heavy atom. The molecule has 0 bridgehead atoms. The van der Waals surface area contributed by atoms with E-state index < -0.39 is 0 Å². The SMILES string of the molecule is CNc1ccc(C(=O)N2CC3CN(CCC(NC(=O)C4CCOC4)c4ccccc4)C[C@H]3C2)cc1. The van der Waals surface area contributed by atoms with Crippen LogP contribution in [0.15, 0.2) is 54.6 Å². The third-order valence-electron chi connectivity index (χ3n) is 7.82. The quantitative estimate of drug-likeness (QED) is 0.613. The van der Waals surface area contributed by atoms with Crippen LogP contribution in [0, 0.1) is 17.8 Å². The lowest BCUT2D eigenvalue weighted by molar-refractivity contribution is -0.125. The smallest absolute Gasteiger partial charge is 0.253 e. The van der Waals surface area contributed by atoms with Crippen LogP contribution in [0.4, 0.5) is 5.69 Å². The minimum atomic E-state index is -0.0367. The molecule has 3 saturated heterocycles. The fourth-order valence-corrected chi connectivity index (χ4v) is 5.75. The predicted molar refractivity (Wildman–Crippen MR) is 136 cm³/mol. The Labute approximate surface area is 207 Å². The highest BCUT2D eigenvalue weighted by molar-refractivity contribution is 5.94. The van der Waals surface area contributed by atoms with Crippen molar-refractivity contribution in [2.24, 2.45) is 17.8 Å². The molecule has 3 heterocycles. The summed E-state index contributed by atoms with van der Waals surface area (Å²) < 4.78 is 5.41. The first-order chi connectivity index (χ1) is 17.1. The molecule has 186 valence electrons. The van der Waals surface area contributed by atoms with Crippen molar-refractivity contribution in [1.29, 1.82) is 0 Å². The van der Waals surface area contributed by atoms with E-state index in [9.17, 15) is 9.59 Å². The third kappa shape index (κ3) is 5.52. The second kappa shape index (κ2) is 10.8. The molecule has 2 amide bonds. The molecule has 3 unspecified atom stereocenters. The first kappa shape index (κ1) is 23.8. The van der Waals surface area contributed by atoms with Crippen molar-refractivity contribution in [3.8, 4) is 0 Å². The Morgan fingerprint density at radius 2 is 1.71 bits per heavy atom. The highest BCUT2D eigenvalue weighted by Gasteiger charge is 2.41. The molecule has 0 radical (unpaired) electrons. The summed E-state index contributed by atoms with van der Waals surface area (Å²) in [7, 11) is 1.88. The molecular weight excluding hydrogens is 440 g/mol. The molecule has 2 N–H and O–H groups in total. The van der Waals surface area contributed by atoms with Gasteiger partial charge < -0.3 is 25.2 Å². The highest BCUT2D eigenvalue weighted by atomic mass is 16.5. The number of hydrogen-bond acceptors (Lipinski definition) is 5. The zero-order valence-electron chi connectivity index (χ0n) is 20.5. The maximum Gasteiger partial charge on any atom is 0.253 e. The number of benzene rings is 2. The maximum atomic E-state index is 13.0. The van der Waals surface area contributed by atoms with Crippen LogP contribution >= 0.6 is 0 Å². The van der Waals surface area contributed by atoms with Crippen LogP contribution in [0.1, 0.15) is 34.8 Å². The second-order valence-corrected chi connectivity index (χ2v) is 10.1. The molecule has 7 heteroatoms. The summed E-state index contributed by atoms with van der Waals surface area (Å²) >= 11 is 0. The van der Waals surface area contributed by atoms with E-state index in [0.29, 0.717) is 25.0 Å². The second-order valence-electron chi connectivity index (χ2n) is 10.1. The number of carbonyl (C=O) groups is 2. The molecule has 3 aliphatic rings. The normalized spacial score (nSPS) is 24.8. The molecule has 0 aliphatic carbocycles. The van der Waals surface area contributed by atoms with E-state index in [4.69, 9.17) is 4.74 Å². The molecular formula is C28H36N4O3. The van der Waals surface area contributed by atoms with E-state index in [2.05, 4.69) is 27.7 Å². The van der Waals surface area contributed by atoms with Crippen molar-refractivity contribution in [2.45, 2.75) is 18.9 Å². The van der Waals surface area contributed by atoms with Gasteiger partial charge in [-0.05, 0) is 54.5 Å². The predicted octanol–water partition coefficient (Wildman–Crippen LogP) is 3.02. The van der Waals surface area contributed by atoms with E-state index in [0.717, 1.165) is 62.4 Å². The van der Waals surface area contributed by atoms with Crippen LogP contribution in [0.5, 0.6) is 0 Å². The van der Waals surface area contributed by atoms with Crippen LogP contribution in [0.3, 0.4) is 0 Å². The third-order valence-corrected chi connectivity index (χ3v) is 7.82. The fraction of sp³-hybridized carbons (Fsp3) is 0.500. The van der Waals surface area contributed by atoms with Gasteiger partial charge in [-0.3, -0.25) is 9.59 Å². The van der Waals surface area contributed by atoms with Crippen LogP contribution in [0.2, 0.25) is 0 Å². The minimum Gasteiger partial charge on any atom is -0.388 e. The van der Waals surface area contributed by atoms with Gasteiger partial charge in [0.2, 0.25) is 5.91 Å². The van der Waals surface area contributed by atoms with Crippen molar-refractivity contribution in [3.05, 3.63) is 65.7 Å². The van der Waals surface area contributed by atoms with Crippen molar-refractivity contribution in [1.82, 2.24) is 15.1 Å². The number of amides is 2. The van der Waals surface area contributed by atoms with Crippen LogP contribution in [-0.4, -0.2) is 74.6 Å². The molecule has 7 nitrogen and oxygen atoms in total. The average Bonchev–Trinajstić information content (AvgIpc) is 3.64. The maximum absolute atomic E-state index is 13.0. The topological polar surface area (TPSA) is 73.9 Å². The Hall–Kier alpha value is -2.90. The van der Waals surface area contributed by atoms with Crippen LogP contribution < -0.4 is 10.6 Å². The molecule has 3 fully saturated rings. The molecule has 4 atom stereocenters. The monoisotopic (exact) mass is 476 g/mol. The molecule has 0 aromatic heterocycles. The van der Waals surface area contributed by atoms with Crippen molar-refractivity contribution < 1.29 is 14.3 Å². The van der Waals surface area contributed by atoms with E-state index in [1.807, 2.05) is 54.4 Å². The lowest BCUT2D eigenvalue weighted by Crippen LogP contribution is -2.37. The van der Waals surface area contributed by atoms with E-state index >= 15 is 0 Å². The van der Waals surface area contributed by atoms with Gasteiger partial charge in [0.15, 0.2) is 0 Å². The zero-order chi connectivity index (χ0) is 24.2. The summed E-state index contributed by atoms with van der Waals surface area (Å²) in [6, 6.07) is 18.0. The molecule has 0 spiro atoms. The molecule has 0 saturated carbocycles. The number of carbonyl (C=O) groups excluding carboxylic acids is 2. The molecule has 2 aromatic carbocycles. The highest BCUT2D eigenvalue weighted by Crippen LogP contribution is 2.33. The summed E-state index contributed by atoms with van der Waals surface area (Å²) in [5.74, 6) is 1.25. The largest absolute Gasteiger partial charge is 0.388 e. The Balaban J connectivity index is 1.14. The van der Waals surface area contributed by atoms with Gasteiger partial charge in [0, 0.05) is 57.6 Å². The van der Waals surface area contributed by atoms with E-state index in [-0.39, 0.29) is 23.8 Å². The minimum absolute atomic E-state index is 0.00315. The number of anilines is 1. The lowest BCUT2D eigenvalue weighted by Gasteiger charge is -2.25. The number of nitrogens with one attached hydrogen (secondary N) is 2. The Bertz CT molecular complexity index is 993. The lowest BCUT2D eigenvalue weighted by atomic mass is 10.0. The number of nitrogens with zero attached hydrogens (tertiary/aromatic N) is 2. The number of likely N-dealkylation sites (tertiary alicyclic amines) is 2. The summed E-state index contributed by atoms with van der Waals surface area (Å²) in [4.78, 5) is 30.3. The first-order valence-electron chi connectivity index (χ1n) is 12.8. The fourth-order valence-electron chi connectivity index (χ4n) is 5.75. The van der Waals surface area contributed by atoms with Crippen molar-refractivity contribution in [2.75, 3.05) is 58.3 Å². The number of rotatable bonds is 8. The average molecular weight is 477 g/mol. The van der Waals surface area contributed by atoms with Crippen molar-refractivity contribution >= 4 is 17.5 Å². The summed E-state index contributed by atoms with van der Waals surface area (Å²) in [6.07, 6.45) is 1.68. The van der Waals surface area contributed by atoms with Gasteiger partial charge in [-0.25, -0.2) is 0 Å². The Morgan fingerprint density at radius 3 is 2.34 bits per heavy atom. The van der Waals surface area contributed by atoms with Gasteiger partial charge in [-0.1, -0.05) is 30.3 Å². The number of ether oxygens (including phenoxy) is 1. The van der Waals surface area contributed by atoms with Gasteiger partial charge in [0.05, 0.1) is 18.6 Å².